The van der Waals surface area contributed by atoms with Crippen LogP contribution in [-0.2, 0) is 0 Å². The molecule has 0 N–H and O–H groups in total. The van der Waals surface area contributed by atoms with Crippen molar-refractivity contribution >= 4 is 31.2 Å². The van der Waals surface area contributed by atoms with E-state index < -0.39 is 0 Å². The van der Waals surface area contributed by atoms with Gasteiger partial charge in [0.15, 0.2) is 0 Å². The number of nitrogens with zero attached hydrogens (tertiary/aromatic N) is 3. The molecule has 3 nitrogen and oxygen atoms in total. The fourth-order valence-corrected chi connectivity index (χ4v) is 5.89. The van der Waals surface area contributed by atoms with Gasteiger partial charge in [-0.15, -0.1) is 0 Å². The molecule has 1 heterocycles. The van der Waals surface area contributed by atoms with Gasteiger partial charge in [-0.05, 0) is 0 Å². The number of aromatic nitrogens is 3. The van der Waals surface area contributed by atoms with Gasteiger partial charge in [0.25, 0.3) is 0 Å². The minimum atomic E-state index is 0.650. The van der Waals surface area contributed by atoms with Crippen molar-refractivity contribution in [2.45, 2.75) is 0 Å². The van der Waals surface area contributed by atoms with Gasteiger partial charge in [0.05, 0.1) is 0 Å². The first-order chi connectivity index (χ1) is 20.2. The number of fused-ring (bicyclic) bond motifs is 1. The zero-order valence-electron chi connectivity index (χ0n) is 22.1. The van der Waals surface area contributed by atoms with Gasteiger partial charge in [-0.2, -0.15) is 0 Å². The molecule has 1 aromatic heterocycles. The molecule has 0 aliphatic carbocycles. The number of benzene rings is 6. The molecule has 7 rings (SSSR count). The van der Waals surface area contributed by atoms with Crippen LogP contribution in [-0.4, -0.2) is 31.0 Å². The van der Waals surface area contributed by atoms with Crippen LogP contribution in [0, 0.1) is 0 Å². The molecule has 4 heteroatoms. The van der Waals surface area contributed by atoms with Crippen LogP contribution < -0.4 is 4.46 Å². The third-order valence-corrected chi connectivity index (χ3v) is 8.00. The standard InChI is InChI=1S/C37H25N3Se/c41-33-20-10-19-32(34(33)31-18-9-17-29(24-31)30-22-21-25-11-7-8-16-28(25)23-30)37-39-35(26-12-3-1-4-13-26)38-36(40-37)27-14-5-2-6-15-27/h1-24,41H. The zero-order valence-corrected chi connectivity index (χ0v) is 24.0. The molecular formula is C37H25N3Se. The average molecular weight is 591 g/mol. The molecule has 6 aromatic carbocycles. The molecule has 0 bridgehead atoms. The van der Waals surface area contributed by atoms with Crippen LogP contribution in [0.15, 0.2) is 146 Å². The van der Waals surface area contributed by atoms with Crippen LogP contribution in [0.2, 0.25) is 0 Å². The molecule has 7 aromatic rings. The molecule has 0 atom stereocenters. The van der Waals surface area contributed by atoms with E-state index in [4.69, 9.17) is 15.0 Å². The normalized spacial score (nSPS) is 11.0. The number of rotatable bonds is 5. The molecule has 0 unspecified atom stereocenters. The van der Waals surface area contributed by atoms with E-state index in [1.165, 1.54) is 21.9 Å². The van der Waals surface area contributed by atoms with Crippen LogP contribution in [0.3, 0.4) is 0 Å². The van der Waals surface area contributed by atoms with E-state index in [1.54, 1.807) is 0 Å². The molecule has 0 saturated carbocycles. The molecule has 0 aliphatic heterocycles. The second-order valence-corrected chi connectivity index (χ2v) is 10.9. The zero-order chi connectivity index (χ0) is 27.6. The summed E-state index contributed by atoms with van der Waals surface area (Å²) < 4.78 is 1.11. The van der Waals surface area contributed by atoms with Crippen molar-refractivity contribution in [3.05, 3.63) is 146 Å². The Balaban J connectivity index is 1.40. The fourth-order valence-electron chi connectivity index (χ4n) is 5.18. The molecule has 0 fully saturated rings. The van der Waals surface area contributed by atoms with Crippen molar-refractivity contribution in [2.75, 3.05) is 0 Å². The summed E-state index contributed by atoms with van der Waals surface area (Å²) in [6.45, 7) is 0. The summed E-state index contributed by atoms with van der Waals surface area (Å²) in [5.41, 5.74) is 7.45. The molecule has 41 heavy (non-hydrogen) atoms. The maximum atomic E-state index is 5.01. The van der Waals surface area contributed by atoms with E-state index >= 15 is 0 Å². The molecule has 0 amide bonds. The van der Waals surface area contributed by atoms with Crippen LogP contribution in [0.5, 0.6) is 0 Å². The second kappa shape index (κ2) is 10.9. The first kappa shape index (κ1) is 25.1. The second-order valence-electron chi connectivity index (χ2n) is 9.88. The third kappa shape index (κ3) is 5.07. The van der Waals surface area contributed by atoms with Gasteiger partial charge in [-0.1, -0.05) is 0 Å². The Bertz CT molecular complexity index is 1950. The molecule has 0 radical (unpaired) electrons. The van der Waals surface area contributed by atoms with Gasteiger partial charge in [0.1, 0.15) is 0 Å². The van der Waals surface area contributed by atoms with Crippen molar-refractivity contribution in [3.63, 3.8) is 0 Å². The van der Waals surface area contributed by atoms with Crippen molar-refractivity contribution in [3.8, 4) is 56.4 Å². The van der Waals surface area contributed by atoms with Crippen molar-refractivity contribution in [2.24, 2.45) is 0 Å². The van der Waals surface area contributed by atoms with E-state index in [2.05, 4.69) is 101 Å². The monoisotopic (exact) mass is 591 g/mol. The van der Waals surface area contributed by atoms with Gasteiger partial charge in [0, 0.05) is 0 Å². The topological polar surface area (TPSA) is 38.7 Å². The molecule has 0 spiro atoms. The Morgan fingerprint density at radius 3 is 1.61 bits per heavy atom. The first-order valence-corrected chi connectivity index (χ1v) is 14.5. The van der Waals surface area contributed by atoms with Gasteiger partial charge in [-0.3, -0.25) is 0 Å². The molecular weight excluding hydrogens is 565 g/mol. The molecule has 0 saturated heterocycles. The van der Waals surface area contributed by atoms with E-state index in [-0.39, 0.29) is 0 Å². The SMILES string of the molecule is [SeH]c1cccc(-c2nc(-c3ccccc3)nc(-c3ccccc3)n2)c1-c1cccc(-c2ccc3ccccc3c2)c1. The summed E-state index contributed by atoms with van der Waals surface area (Å²) in [6, 6.07) is 50.3. The fraction of sp³-hybridized carbons (Fsp3) is 0. The Morgan fingerprint density at radius 2 is 0.902 bits per heavy atom. The number of hydrogen-bond acceptors (Lipinski definition) is 3. The summed E-state index contributed by atoms with van der Waals surface area (Å²) in [7, 11) is 0. The Labute approximate surface area is 247 Å². The minimum absolute atomic E-state index is 0.650. The van der Waals surface area contributed by atoms with Crippen LogP contribution in [0.1, 0.15) is 0 Å². The summed E-state index contributed by atoms with van der Waals surface area (Å²) in [5.74, 6) is 1.96. The van der Waals surface area contributed by atoms with Gasteiger partial charge < -0.3 is 0 Å². The summed E-state index contributed by atoms with van der Waals surface area (Å²) in [4.78, 5) is 14.9. The maximum absolute atomic E-state index is 5.01. The Hall–Kier alpha value is -4.89. The van der Waals surface area contributed by atoms with Crippen molar-refractivity contribution < 1.29 is 0 Å². The van der Waals surface area contributed by atoms with Crippen LogP contribution in [0.25, 0.3) is 67.2 Å². The Morgan fingerprint density at radius 1 is 0.366 bits per heavy atom. The first-order valence-electron chi connectivity index (χ1n) is 13.5. The molecule has 0 aliphatic rings. The predicted molar refractivity (Wildman–Crippen MR) is 171 cm³/mol. The van der Waals surface area contributed by atoms with E-state index in [9.17, 15) is 0 Å². The van der Waals surface area contributed by atoms with Gasteiger partial charge in [0.2, 0.25) is 0 Å². The van der Waals surface area contributed by atoms with Crippen molar-refractivity contribution in [1.82, 2.24) is 15.0 Å². The van der Waals surface area contributed by atoms with Gasteiger partial charge in [-0.25, -0.2) is 0 Å². The van der Waals surface area contributed by atoms with Crippen LogP contribution in [0.4, 0.5) is 0 Å². The predicted octanol–water partition coefficient (Wildman–Crippen LogP) is 7.89. The summed E-state index contributed by atoms with van der Waals surface area (Å²) in [5, 5.41) is 2.47. The number of hydrogen-bond donors (Lipinski definition) is 0. The average Bonchev–Trinajstić information content (AvgIpc) is 3.05. The van der Waals surface area contributed by atoms with E-state index in [0.29, 0.717) is 17.5 Å². The van der Waals surface area contributed by atoms with E-state index in [0.717, 1.165) is 32.3 Å². The van der Waals surface area contributed by atoms with Crippen molar-refractivity contribution in [1.29, 1.82) is 0 Å². The Kier molecular flexibility index (Phi) is 6.70. The van der Waals surface area contributed by atoms with Crippen LogP contribution >= 0.6 is 0 Å². The van der Waals surface area contributed by atoms with E-state index in [1.807, 2.05) is 60.7 Å². The van der Waals surface area contributed by atoms with Gasteiger partial charge >= 0.3 is 248 Å². The molecule has 194 valence electrons. The third-order valence-electron chi connectivity index (χ3n) is 7.22. The summed E-state index contributed by atoms with van der Waals surface area (Å²) in [6.07, 6.45) is 0. The quantitative estimate of drug-likeness (QED) is 0.192. The summed E-state index contributed by atoms with van der Waals surface area (Å²) >= 11 is 2.72.